The SMILES string of the molecule is CCCOc1ccc(C(=O)CCC(CC)CCN)cc1. The third-order valence-electron chi connectivity index (χ3n) is 3.58. The summed E-state index contributed by atoms with van der Waals surface area (Å²) in [6.45, 7) is 5.65. The van der Waals surface area contributed by atoms with Crippen LogP contribution in [0, 0.1) is 5.92 Å². The van der Waals surface area contributed by atoms with Crippen molar-refractivity contribution in [1.82, 2.24) is 0 Å². The second-order valence-electron chi connectivity index (χ2n) is 5.19. The van der Waals surface area contributed by atoms with Gasteiger partial charge < -0.3 is 10.5 Å². The highest BCUT2D eigenvalue weighted by Crippen LogP contribution is 2.18. The summed E-state index contributed by atoms with van der Waals surface area (Å²) in [5.74, 6) is 1.61. The number of rotatable bonds is 10. The standard InChI is InChI=1S/C17H27NO2/c1-3-13-20-16-8-6-15(7-9-16)17(19)10-5-14(4-2)11-12-18/h6-9,14H,3-5,10-13,18H2,1-2H3. The average molecular weight is 277 g/mol. The smallest absolute Gasteiger partial charge is 0.162 e. The van der Waals surface area contributed by atoms with Crippen LogP contribution in [-0.4, -0.2) is 18.9 Å². The third-order valence-corrected chi connectivity index (χ3v) is 3.58. The molecule has 1 unspecified atom stereocenters. The van der Waals surface area contributed by atoms with E-state index >= 15 is 0 Å². The maximum atomic E-state index is 12.1. The average Bonchev–Trinajstić information content (AvgIpc) is 2.49. The zero-order valence-electron chi connectivity index (χ0n) is 12.7. The van der Waals surface area contributed by atoms with E-state index in [1.54, 1.807) is 0 Å². The van der Waals surface area contributed by atoms with Crippen LogP contribution < -0.4 is 10.5 Å². The topological polar surface area (TPSA) is 52.3 Å². The molecule has 0 radical (unpaired) electrons. The Labute approximate surface area is 122 Å². The van der Waals surface area contributed by atoms with Crippen LogP contribution in [0.4, 0.5) is 0 Å². The first-order valence-corrected chi connectivity index (χ1v) is 7.67. The summed E-state index contributed by atoms with van der Waals surface area (Å²) in [5, 5.41) is 0. The summed E-state index contributed by atoms with van der Waals surface area (Å²) in [7, 11) is 0. The first kappa shape index (κ1) is 16.7. The van der Waals surface area contributed by atoms with Gasteiger partial charge in [0.2, 0.25) is 0 Å². The van der Waals surface area contributed by atoms with Crippen molar-refractivity contribution in [3.8, 4) is 5.75 Å². The van der Waals surface area contributed by atoms with Gasteiger partial charge in [0, 0.05) is 12.0 Å². The lowest BCUT2D eigenvalue weighted by Gasteiger charge is -2.12. The molecule has 2 N–H and O–H groups in total. The van der Waals surface area contributed by atoms with E-state index in [-0.39, 0.29) is 5.78 Å². The van der Waals surface area contributed by atoms with Crippen molar-refractivity contribution in [2.24, 2.45) is 11.7 Å². The van der Waals surface area contributed by atoms with E-state index in [2.05, 4.69) is 13.8 Å². The normalized spacial score (nSPS) is 12.2. The monoisotopic (exact) mass is 277 g/mol. The Bertz CT molecular complexity index is 386. The van der Waals surface area contributed by atoms with Gasteiger partial charge in [0.1, 0.15) is 5.75 Å². The fourth-order valence-electron chi connectivity index (χ4n) is 2.22. The largest absolute Gasteiger partial charge is 0.494 e. The van der Waals surface area contributed by atoms with E-state index in [1.165, 1.54) is 0 Å². The Kier molecular flexibility index (Phi) is 7.97. The van der Waals surface area contributed by atoms with Gasteiger partial charge in [-0.15, -0.1) is 0 Å². The molecule has 1 aromatic carbocycles. The van der Waals surface area contributed by atoms with Gasteiger partial charge in [0.05, 0.1) is 6.61 Å². The molecule has 0 saturated heterocycles. The van der Waals surface area contributed by atoms with E-state index in [1.807, 2.05) is 24.3 Å². The van der Waals surface area contributed by atoms with Crippen LogP contribution in [0.5, 0.6) is 5.75 Å². The first-order chi connectivity index (χ1) is 9.71. The van der Waals surface area contributed by atoms with Crippen molar-refractivity contribution in [2.75, 3.05) is 13.2 Å². The van der Waals surface area contributed by atoms with Crippen molar-refractivity contribution in [1.29, 1.82) is 0 Å². The van der Waals surface area contributed by atoms with Crippen LogP contribution in [0.25, 0.3) is 0 Å². The van der Waals surface area contributed by atoms with Crippen molar-refractivity contribution < 1.29 is 9.53 Å². The summed E-state index contributed by atoms with van der Waals surface area (Å²) in [4.78, 5) is 12.1. The molecule has 0 amide bonds. The summed E-state index contributed by atoms with van der Waals surface area (Å²) in [6.07, 6.45) is 4.62. The summed E-state index contributed by atoms with van der Waals surface area (Å²) in [6, 6.07) is 7.47. The molecule has 0 bridgehead atoms. The van der Waals surface area contributed by atoms with Gasteiger partial charge in [0.25, 0.3) is 0 Å². The fraction of sp³-hybridized carbons (Fsp3) is 0.588. The number of benzene rings is 1. The highest BCUT2D eigenvalue weighted by atomic mass is 16.5. The Morgan fingerprint density at radius 2 is 1.90 bits per heavy atom. The van der Waals surface area contributed by atoms with E-state index in [0.717, 1.165) is 37.0 Å². The molecule has 0 spiro atoms. The first-order valence-electron chi connectivity index (χ1n) is 7.67. The molecular formula is C17H27NO2. The predicted molar refractivity (Wildman–Crippen MR) is 83.2 cm³/mol. The van der Waals surface area contributed by atoms with Crippen molar-refractivity contribution in [2.45, 2.75) is 46.0 Å². The van der Waals surface area contributed by atoms with Gasteiger partial charge in [-0.2, -0.15) is 0 Å². The maximum absolute atomic E-state index is 12.1. The molecular weight excluding hydrogens is 250 g/mol. The zero-order valence-corrected chi connectivity index (χ0v) is 12.7. The molecule has 1 rings (SSSR count). The number of nitrogens with two attached hydrogens (primary N) is 1. The third kappa shape index (κ3) is 5.74. The lowest BCUT2D eigenvalue weighted by molar-refractivity contribution is 0.0972. The minimum absolute atomic E-state index is 0.211. The molecule has 0 aliphatic heterocycles. The van der Waals surface area contributed by atoms with Crippen LogP contribution in [0.1, 0.15) is 56.3 Å². The fourth-order valence-corrected chi connectivity index (χ4v) is 2.22. The Morgan fingerprint density at radius 1 is 1.20 bits per heavy atom. The van der Waals surface area contributed by atoms with E-state index < -0.39 is 0 Å². The van der Waals surface area contributed by atoms with Gasteiger partial charge in [-0.3, -0.25) is 4.79 Å². The van der Waals surface area contributed by atoms with Crippen LogP contribution in [0.3, 0.4) is 0 Å². The van der Waals surface area contributed by atoms with Gasteiger partial charge in [-0.25, -0.2) is 0 Å². The molecule has 0 aliphatic rings. The molecule has 0 aromatic heterocycles. The molecule has 3 nitrogen and oxygen atoms in total. The highest BCUT2D eigenvalue weighted by molar-refractivity contribution is 5.96. The van der Waals surface area contributed by atoms with Gasteiger partial charge in [-0.1, -0.05) is 20.3 Å². The van der Waals surface area contributed by atoms with E-state index in [9.17, 15) is 4.79 Å². The quantitative estimate of drug-likeness (QED) is 0.662. The number of hydrogen-bond acceptors (Lipinski definition) is 3. The molecule has 0 saturated carbocycles. The van der Waals surface area contributed by atoms with Gasteiger partial charge in [-0.05, 0) is 56.0 Å². The maximum Gasteiger partial charge on any atom is 0.162 e. The minimum atomic E-state index is 0.211. The van der Waals surface area contributed by atoms with Gasteiger partial charge in [0.15, 0.2) is 5.78 Å². The molecule has 0 aliphatic carbocycles. The summed E-state index contributed by atoms with van der Waals surface area (Å²) >= 11 is 0. The van der Waals surface area contributed by atoms with Crippen molar-refractivity contribution in [3.63, 3.8) is 0 Å². The molecule has 0 fully saturated rings. The van der Waals surface area contributed by atoms with Crippen molar-refractivity contribution >= 4 is 5.78 Å². The number of Topliss-reactive ketones (excluding diaryl/α,β-unsaturated/α-hetero) is 1. The Morgan fingerprint density at radius 3 is 2.45 bits per heavy atom. The number of ketones is 1. The molecule has 0 heterocycles. The Hall–Kier alpha value is -1.35. The van der Waals surface area contributed by atoms with Gasteiger partial charge >= 0.3 is 0 Å². The number of ether oxygens (including phenoxy) is 1. The molecule has 20 heavy (non-hydrogen) atoms. The summed E-state index contributed by atoms with van der Waals surface area (Å²) in [5.41, 5.74) is 6.35. The molecule has 112 valence electrons. The summed E-state index contributed by atoms with van der Waals surface area (Å²) < 4.78 is 5.51. The second-order valence-corrected chi connectivity index (χ2v) is 5.19. The van der Waals surface area contributed by atoms with Crippen molar-refractivity contribution in [3.05, 3.63) is 29.8 Å². The lowest BCUT2D eigenvalue weighted by atomic mass is 9.94. The van der Waals surface area contributed by atoms with Crippen LogP contribution >= 0.6 is 0 Å². The molecule has 1 aromatic rings. The van der Waals surface area contributed by atoms with Crippen LogP contribution in [-0.2, 0) is 0 Å². The lowest BCUT2D eigenvalue weighted by Crippen LogP contribution is -2.10. The van der Waals surface area contributed by atoms with Crippen LogP contribution in [0.2, 0.25) is 0 Å². The number of carbonyl (C=O) groups is 1. The molecule has 3 heteroatoms. The van der Waals surface area contributed by atoms with E-state index in [4.69, 9.17) is 10.5 Å². The number of hydrogen-bond donors (Lipinski definition) is 1. The highest BCUT2D eigenvalue weighted by Gasteiger charge is 2.10. The number of carbonyl (C=O) groups excluding carboxylic acids is 1. The second kappa shape index (κ2) is 9.54. The van der Waals surface area contributed by atoms with Crippen LogP contribution in [0.15, 0.2) is 24.3 Å². The minimum Gasteiger partial charge on any atom is -0.494 e. The molecule has 1 atom stereocenters. The van der Waals surface area contributed by atoms with E-state index in [0.29, 0.717) is 25.5 Å². The zero-order chi connectivity index (χ0) is 14.8. The Balaban J connectivity index is 2.46. The predicted octanol–water partition coefficient (Wildman–Crippen LogP) is 3.81.